The number of aromatic nitrogens is 2. The number of likely N-dealkylation sites (tertiary alicyclic amines) is 1. The van der Waals surface area contributed by atoms with Gasteiger partial charge in [-0.2, -0.15) is 5.26 Å². The molecule has 3 heterocycles. The number of nitrogens with zero attached hydrogens (tertiary/aromatic N) is 3. The number of ether oxygens (including phenoxy) is 2. The first-order valence-corrected chi connectivity index (χ1v) is 8.68. The van der Waals surface area contributed by atoms with Crippen LogP contribution < -0.4 is 4.74 Å². The molecule has 1 aromatic carbocycles. The number of benzene rings is 1. The highest BCUT2D eigenvalue weighted by molar-refractivity contribution is 5.36. The molecule has 2 fully saturated rings. The fourth-order valence-corrected chi connectivity index (χ4v) is 3.80. The molecular weight excluding hydrogens is 316 g/mol. The van der Waals surface area contributed by atoms with Gasteiger partial charge in [0.15, 0.2) is 0 Å². The number of aromatic amines is 1. The Hall–Kier alpha value is -2.36. The highest BCUT2D eigenvalue weighted by Gasteiger charge is 2.44. The second-order valence-electron chi connectivity index (χ2n) is 6.91. The van der Waals surface area contributed by atoms with Crippen LogP contribution in [0.1, 0.15) is 17.0 Å². The second kappa shape index (κ2) is 6.87. The summed E-state index contributed by atoms with van der Waals surface area (Å²) in [5.41, 5.74) is 2.87. The Morgan fingerprint density at radius 1 is 1.44 bits per heavy atom. The lowest BCUT2D eigenvalue weighted by molar-refractivity contribution is 0.0895. The van der Waals surface area contributed by atoms with Gasteiger partial charge in [-0.15, -0.1) is 0 Å². The molecule has 1 N–H and O–H groups in total. The standard InChI is InChI=1S/C19H22N4O2/c1-13-18(22-12-21-13)8-23-7-17-15(11-25-19(17)9-23)10-24-16-4-2-3-14(5-16)6-20/h2-5,12,15,17,19H,7-11H2,1H3,(H,21,22)/t15-,17+,19+/m1/s1. The Bertz CT molecular complexity index is 782. The molecule has 2 aliphatic heterocycles. The maximum absolute atomic E-state index is 8.98. The number of nitrogens with one attached hydrogen (secondary N) is 1. The Morgan fingerprint density at radius 3 is 3.16 bits per heavy atom. The van der Waals surface area contributed by atoms with Gasteiger partial charge >= 0.3 is 0 Å². The van der Waals surface area contributed by atoms with Gasteiger partial charge < -0.3 is 14.5 Å². The van der Waals surface area contributed by atoms with Crippen LogP contribution in [0.3, 0.4) is 0 Å². The lowest BCUT2D eigenvalue weighted by atomic mass is 9.94. The van der Waals surface area contributed by atoms with Crippen molar-refractivity contribution in [1.82, 2.24) is 14.9 Å². The van der Waals surface area contributed by atoms with Gasteiger partial charge in [0.25, 0.3) is 0 Å². The molecule has 0 radical (unpaired) electrons. The summed E-state index contributed by atoms with van der Waals surface area (Å²) >= 11 is 0. The summed E-state index contributed by atoms with van der Waals surface area (Å²) in [6, 6.07) is 9.47. The van der Waals surface area contributed by atoms with E-state index in [2.05, 4.69) is 27.9 Å². The summed E-state index contributed by atoms with van der Waals surface area (Å²) < 4.78 is 11.9. The number of hydrogen-bond donors (Lipinski definition) is 1. The molecule has 6 heteroatoms. The van der Waals surface area contributed by atoms with Crippen molar-refractivity contribution in [2.75, 3.05) is 26.3 Å². The van der Waals surface area contributed by atoms with Gasteiger partial charge in [0, 0.05) is 37.2 Å². The number of imidazole rings is 1. The fraction of sp³-hybridized carbons (Fsp3) is 0.474. The monoisotopic (exact) mass is 338 g/mol. The van der Waals surface area contributed by atoms with Gasteiger partial charge in [-0.3, -0.25) is 4.90 Å². The summed E-state index contributed by atoms with van der Waals surface area (Å²) in [4.78, 5) is 9.95. The van der Waals surface area contributed by atoms with Crippen LogP contribution in [0.25, 0.3) is 0 Å². The van der Waals surface area contributed by atoms with Crippen molar-refractivity contribution in [3.05, 3.63) is 47.5 Å². The molecule has 130 valence electrons. The van der Waals surface area contributed by atoms with Crippen LogP contribution in [0.15, 0.2) is 30.6 Å². The molecule has 0 amide bonds. The minimum absolute atomic E-state index is 0.290. The summed E-state index contributed by atoms with van der Waals surface area (Å²) in [7, 11) is 0. The first-order valence-electron chi connectivity index (χ1n) is 8.68. The zero-order valence-electron chi connectivity index (χ0n) is 14.3. The third-order valence-corrected chi connectivity index (χ3v) is 5.25. The molecule has 2 aromatic rings. The van der Waals surface area contributed by atoms with Gasteiger partial charge in [-0.25, -0.2) is 4.98 Å². The second-order valence-corrected chi connectivity index (χ2v) is 6.91. The van der Waals surface area contributed by atoms with E-state index < -0.39 is 0 Å². The van der Waals surface area contributed by atoms with E-state index in [1.165, 1.54) is 0 Å². The largest absolute Gasteiger partial charge is 0.493 e. The van der Waals surface area contributed by atoms with Crippen LogP contribution in [0.4, 0.5) is 0 Å². The van der Waals surface area contributed by atoms with E-state index in [-0.39, 0.29) is 0 Å². The number of aryl methyl sites for hydroxylation is 1. The SMILES string of the molecule is Cc1[nH]cnc1CN1C[C@H]2[C@H](COc3cccc(C#N)c3)CO[C@H]2C1. The normalized spacial score (nSPS) is 25.7. The van der Waals surface area contributed by atoms with Crippen molar-refractivity contribution < 1.29 is 9.47 Å². The highest BCUT2D eigenvalue weighted by atomic mass is 16.5. The van der Waals surface area contributed by atoms with Gasteiger partial charge in [0.1, 0.15) is 5.75 Å². The molecule has 25 heavy (non-hydrogen) atoms. The first kappa shape index (κ1) is 16.1. The lowest BCUT2D eigenvalue weighted by Gasteiger charge is -2.19. The number of H-pyrrole nitrogens is 1. The van der Waals surface area contributed by atoms with Crippen molar-refractivity contribution in [1.29, 1.82) is 5.26 Å². The van der Waals surface area contributed by atoms with Crippen molar-refractivity contribution >= 4 is 0 Å². The van der Waals surface area contributed by atoms with E-state index in [0.717, 1.165) is 43.4 Å². The minimum Gasteiger partial charge on any atom is -0.493 e. The number of hydrogen-bond acceptors (Lipinski definition) is 5. The Labute approximate surface area is 147 Å². The Balaban J connectivity index is 1.34. The topological polar surface area (TPSA) is 74.2 Å². The lowest BCUT2D eigenvalue weighted by Crippen LogP contribution is -2.26. The van der Waals surface area contributed by atoms with Crippen molar-refractivity contribution in [2.24, 2.45) is 11.8 Å². The molecule has 6 nitrogen and oxygen atoms in total. The molecule has 2 saturated heterocycles. The Kier molecular flexibility index (Phi) is 4.43. The van der Waals surface area contributed by atoms with Crippen LogP contribution in [0.5, 0.6) is 5.75 Å². The third-order valence-electron chi connectivity index (χ3n) is 5.25. The van der Waals surface area contributed by atoms with E-state index in [9.17, 15) is 0 Å². The van der Waals surface area contributed by atoms with Gasteiger partial charge in [-0.1, -0.05) is 6.07 Å². The maximum atomic E-state index is 8.98. The van der Waals surface area contributed by atoms with E-state index in [1.54, 1.807) is 18.5 Å². The van der Waals surface area contributed by atoms with Gasteiger partial charge in [-0.05, 0) is 25.1 Å². The van der Waals surface area contributed by atoms with Crippen molar-refractivity contribution in [3.63, 3.8) is 0 Å². The molecule has 0 saturated carbocycles. The molecule has 0 unspecified atom stereocenters. The number of rotatable bonds is 5. The summed E-state index contributed by atoms with van der Waals surface area (Å²) in [5, 5.41) is 8.98. The molecule has 0 aliphatic carbocycles. The molecular formula is C19H22N4O2. The predicted octanol–water partition coefficient (Wildman–Crippen LogP) is 2.12. The smallest absolute Gasteiger partial charge is 0.120 e. The van der Waals surface area contributed by atoms with Crippen LogP contribution >= 0.6 is 0 Å². The van der Waals surface area contributed by atoms with E-state index >= 15 is 0 Å². The summed E-state index contributed by atoms with van der Waals surface area (Å²) in [6.45, 7) is 6.28. The first-order chi connectivity index (χ1) is 12.2. The summed E-state index contributed by atoms with van der Waals surface area (Å²) in [6.07, 6.45) is 2.04. The average Bonchev–Trinajstić information content (AvgIpc) is 3.31. The zero-order chi connectivity index (χ0) is 17.2. The Morgan fingerprint density at radius 2 is 2.36 bits per heavy atom. The zero-order valence-corrected chi connectivity index (χ0v) is 14.3. The van der Waals surface area contributed by atoms with E-state index in [0.29, 0.717) is 30.1 Å². The number of fused-ring (bicyclic) bond motifs is 1. The van der Waals surface area contributed by atoms with Crippen LogP contribution in [-0.4, -0.2) is 47.3 Å². The molecule has 2 aliphatic rings. The highest BCUT2D eigenvalue weighted by Crippen LogP contribution is 2.34. The molecule has 1 aromatic heterocycles. The molecule has 4 rings (SSSR count). The van der Waals surface area contributed by atoms with Crippen LogP contribution in [-0.2, 0) is 11.3 Å². The fourth-order valence-electron chi connectivity index (χ4n) is 3.80. The van der Waals surface area contributed by atoms with Gasteiger partial charge in [0.05, 0.1) is 43.0 Å². The minimum atomic E-state index is 0.290. The quantitative estimate of drug-likeness (QED) is 0.904. The molecule has 0 bridgehead atoms. The van der Waals surface area contributed by atoms with Crippen molar-refractivity contribution in [2.45, 2.75) is 19.6 Å². The van der Waals surface area contributed by atoms with E-state index in [4.69, 9.17) is 14.7 Å². The van der Waals surface area contributed by atoms with Crippen molar-refractivity contribution in [3.8, 4) is 11.8 Å². The van der Waals surface area contributed by atoms with E-state index in [1.807, 2.05) is 12.1 Å². The predicted molar refractivity (Wildman–Crippen MR) is 92.0 cm³/mol. The molecule has 0 spiro atoms. The average molecular weight is 338 g/mol. The maximum Gasteiger partial charge on any atom is 0.120 e. The van der Waals surface area contributed by atoms with Crippen LogP contribution in [0.2, 0.25) is 0 Å². The van der Waals surface area contributed by atoms with Gasteiger partial charge in [0.2, 0.25) is 0 Å². The third kappa shape index (κ3) is 3.39. The number of nitriles is 1. The summed E-state index contributed by atoms with van der Waals surface area (Å²) in [5.74, 6) is 1.64. The van der Waals surface area contributed by atoms with Crippen LogP contribution in [0, 0.1) is 30.1 Å². The molecule has 3 atom stereocenters.